The Morgan fingerprint density at radius 3 is 2.42 bits per heavy atom. The molecule has 0 aromatic heterocycles. The molecule has 0 saturated carbocycles. The molecular formula is C16H17BrO2. The lowest BCUT2D eigenvalue weighted by molar-refractivity contribution is 0.297. The highest BCUT2D eigenvalue weighted by atomic mass is 79.9. The minimum Gasteiger partial charge on any atom is -0.493 e. The molecule has 0 heterocycles. The first-order valence-corrected chi connectivity index (χ1v) is 7.35. The third kappa shape index (κ3) is 4.00. The molecule has 2 aromatic carbocycles. The SMILES string of the molecule is COc1ccc(CBr)cc1OCCc1ccccc1. The predicted molar refractivity (Wildman–Crippen MR) is 81.3 cm³/mol. The van der Waals surface area contributed by atoms with E-state index in [0.717, 1.165) is 23.2 Å². The zero-order valence-corrected chi connectivity index (χ0v) is 12.5. The van der Waals surface area contributed by atoms with Gasteiger partial charge in [0.15, 0.2) is 11.5 Å². The zero-order valence-electron chi connectivity index (χ0n) is 10.9. The normalized spacial score (nSPS) is 10.2. The van der Waals surface area contributed by atoms with E-state index in [-0.39, 0.29) is 0 Å². The summed E-state index contributed by atoms with van der Waals surface area (Å²) in [4.78, 5) is 0. The van der Waals surface area contributed by atoms with E-state index in [1.165, 1.54) is 11.1 Å². The van der Waals surface area contributed by atoms with Gasteiger partial charge in [0, 0.05) is 11.8 Å². The van der Waals surface area contributed by atoms with Crippen molar-refractivity contribution < 1.29 is 9.47 Å². The summed E-state index contributed by atoms with van der Waals surface area (Å²) in [7, 11) is 1.66. The van der Waals surface area contributed by atoms with E-state index in [2.05, 4.69) is 28.1 Å². The second-order valence-electron chi connectivity index (χ2n) is 4.20. The van der Waals surface area contributed by atoms with Crippen LogP contribution in [0.5, 0.6) is 11.5 Å². The Kier molecular flexibility index (Phi) is 5.28. The highest BCUT2D eigenvalue weighted by Crippen LogP contribution is 2.28. The minimum atomic E-state index is 0.645. The van der Waals surface area contributed by atoms with Crippen LogP contribution in [0, 0.1) is 0 Å². The molecule has 0 amide bonds. The maximum absolute atomic E-state index is 5.83. The first-order chi connectivity index (χ1) is 9.33. The van der Waals surface area contributed by atoms with Crippen molar-refractivity contribution in [2.45, 2.75) is 11.8 Å². The van der Waals surface area contributed by atoms with Crippen LogP contribution < -0.4 is 9.47 Å². The summed E-state index contributed by atoms with van der Waals surface area (Å²) >= 11 is 3.45. The van der Waals surface area contributed by atoms with Crippen molar-refractivity contribution >= 4 is 15.9 Å². The molecular weight excluding hydrogens is 304 g/mol. The fourth-order valence-corrected chi connectivity index (χ4v) is 2.19. The molecule has 0 atom stereocenters. The van der Waals surface area contributed by atoms with Crippen LogP contribution in [0.3, 0.4) is 0 Å². The molecule has 0 fully saturated rings. The molecule has 2 nitrogen and oxygen atoms in total. The van der Waals surface area contributed by atoms with Crippen molar-refractivity contribution in [2.24, 2.45) is 0 Å². The van der Waals surface area contributed by atoms with Gasteiger partial charge in [0.2, 0.25) is 0 Å². The molecule has 0 saturated heterocycles. The smallest absolute Gasteiger partial charge is 0.161 e. The summed E-state index contributed by atoms with van der Waals surface area (Å²) in [5.41, 5.74) is 2.45. The number of methoxy groups -OCH3 is 1. The van der Waals surface area contributed by atoms with Crippen molar-refractivity contribution in [1.82, 2.24) is 0 Å². The van der Waals surface area contributed by atoms with Crippen LogP contribution >= 0.6 is 15.9 Å². The number of benzene rings is 2. The lowest BCUT2D eigenvalue weighted by Crippen LogP contribution is -2.03. The van der Waals surface area contributed by atoms with Crippen molar-refractivity contribution in [1.29, 1.82) is 0 Å². The Morgan fingerprint density at radius 1 is 0.947 bits per heavy atom. The average molecular weight is 321 g/mol. The Bertz CT molecular complexity index is 511. The summed E-state index contributed by atoms with van der Waals surface area (Å²) in [5.74, 6) is 1.58. The Balaban J connectivity index is 1.98. The number of ether oxygens (including phenoxy) is 2. The number of alkyl halides is 1. The van der Waals surface area contributed by atoms with Gasteiger partial charge in [-0.05, 0) is 23.3 Å². The van der Waals surface area contributed by atoms with Gasteiger partial charge in [0.25, 0.3) is 0 Å². The molecule has 2 rings (SSSR count). The van der Waals surface area contributed by atoms with Crippen LogP contribution in [0.1, 0.15) is 11.1 Å². The van der Waals surface area contributed by atoms with E-state index in [1.54, 1.807) is 7.11 Å². The van der Waals surface area contributed by atoms with Gasteiger partial charge in [0.05, 0.1) is 13.7 Å². The first kappa shape index (κ1) is 13.9. The van der Waals surface area contributed by atoms with Crippen LogP contribution in [0.25, 0.3) is 0 Å². The van der Waals surface area contributed by atoms with Gasteiger partial charge in [-0.15, -0.1) is 0 Å². The van der Waals surface area contributed by atoms with E-state index in [9.17, 15) is 0 Å². The van der Waals surface area contributed by atoms with Crippen molar-refractivity contribution in [2.75, 3.05) is 13.7 Å². The van der Waals surface area contributed by atoms with Crippen molar-refractivity contribution in [3.63, 3.8) is 0 Å². The third-order valence-corrected chi connectivity index (χ3v) is 3.52. The third-order valence-electron chi connectivity index (χ3n) is 2.87. The van der Waals surface area contributed by atoms with Crippen LogP contribution in [-0.2, 0) is 11.8 Å². The molecule has 0 N–H and O–H groups in total. The highest BCUT2D eigenvalue weighted by molar-refractivity contribution is 9.08. The van der Waals surface area contributed by atoms with Gasteiger partial charge < -0.3 is 9.47 Å². The molecule has 0 aliphatic carbocycles. The van der Waals surface area contributed by atoms with Gasteiger partial charge in [-0.3, -0.25) is 0 Å². The molecule has 100 valence electrons. The highest BCUT2D eigenvalue weighted by Gasteiger charge is 2.05. The lowest BCUT2D eigenvalue weighted by Gasteiger charge is -2.11. The van der Waals surface area contributed by atoms with E-state index in [4.69, 9.17) is 9.47 Å². The van der Waals surface area contributed by atoms with Crippen LogP contribution in [-0.4, -0.2) is 13.7 Å². The molecule has 2 aromatic rings. The van der Waals surface area contributed by atoms with E-state index >= 15 is 0 Å². The van der Waals surface area contributed by atoms with Gasteiger partial charge in [0.1, 0.15) is 0 Å². The molecule has 0 aliphatic heterocycles. The van der Waals surface area contributed by atoms with Crippen LogP contribution in [0.4, 0.5) is 0 Å². The van der Waals surface area contributed by atoms with Gasteiger partial charge in [-0.1, -0.05) is 52.3 Å². The minimum absolute atomic E-state index is 0.645. The summed E-state index contributed by atoms with van der Waals surface area (Å²) in [6, 6.07) is 16.3. The summed E-state index contributed by atoms with van der Waals surface area (Å²) in [6.45, 7) is 0.645. The summed E-state index contributed by atoms with van der Waals surface area (Å²) in [5, 5.41) is 0.812. The van der Waals surface area contributed by atoms with E-state index < -0.39 is 0 Å². The first-order valence-electron chi connectivity index (χ1n) is 6.23. The Labute approximate surface area is 122 Å². The topological polar surface area (TPSA) is 18.5 Å². The fourth-order valence-electron chi connectivity index (χ4n) is 1.84. The zero-order chi connectivity index (χ0) is 13.5. The largest absolute Gasteiger partial charge is 0.493 e. The fraction of sp³-hybridized carbons (Fsp3) is 0.250. The maximum atomic E-state index is 5.83. The monoisotopic (exact) mass is 320 g/mol. The molecule has 19 heavy (non-hydrogen) atoms. The Hall–Kier alpha value is -1.48. The number of hydrogen-bond donors (Lipinski definition) is 0. The lowest BCUT2D eigenvalue weighted by atomic mass is 10.2. The van der Waals surface area contributed by atoms with Crippen LogP contribution in [0.15, 0.2) is 48.5 Å². The second-order valence-corrected chi connectivity index (χ2v) is 4.76. The summed E-state index contributed by atoms with van der Waals surface area (Å²) in [6.07, 6.45) is 0.891. The predicted octanol–water partition coefficient (Wildman–Crippen LogP) is 4.21. The quantitative estimate of drug-likeness (QED) is 0.742. The number of hydrogen-bond acceptors (Lipinski definition) is 2. The molecule has 0 aliphatic rings. The maximum Gasteiger partial charge on any atom is 0.161 e. The molecule has 0 radical (unpaired) electrons. The second kappa shape index (κ2) is 7.19. The number of halogens is 1. The van der Waals surface area contributed by atoms with E-state index in [0.29, 0.717) is 6.61 Å². The van der Waals surface area contributed by atoms with Crippen molar-refractivity contribution in [3.8, 4) is 11.5 Å². The Morgan fingerprint density at radius 2 is 1.74 bits per heavy atom. The average Bonchev–Trinajstić information content (AvgIpc) is 2.48. The molecule has 0 unspecified atom stereocenters. The van der Waals surface area contributed by atoms with Gasteiger partial charge >= 0.3 is 0 Å². The molecule has 3 heteroatoms. The summed E-state index contributed by atoms with van der Waals surface area (Å²) < 4.78 is 11.1. The standard InChI is InChI=1S/C16H17BrO2/c1-18-15-8-7-14(12-17)11-16(15)19-10-9-13-5-3-2-4-6-13/h2-8,11H,9-10,12H2,1H3. The van der Waals surface area contributed by atoms with Crippen LogP contribution in [0.2, 0.25) is 0 Å². The molecule has 0 bridgehead atoms. The van der Waals surface area contributed by atoms with Crippen molar-refractivity contribution in [3.05, 3.63) is 59.7 Å². The number of rotatable bonds is 6. The van der Waals surface area contributed by atoms with Gasteiger partial charge in [-0.2, -0.15) is 0 Å². The van der Waals surface area contributed by atoms with E-state index in [1.807, 2.05) is 36.4 Å². The molecule has 0 spiro atoms. The van der Waals surface area contributed by atoms with Gasteiger partial charge in [-0.25, -0.2) is 0 Å².